The molecule has 3 aliphatic rings. The fourth-order valence-corrected chi connectivity index (χ4v) is 5.60. The van der Waals surface area contributed by atoms with Gasteiger partial charge in [0, 0.05) is 41.5 Å². The number of carbonyl (C=O) groups excluding carboxylic acids is 2. The first-order valence-electron chi connectivity index (χ1n) is 10.2. The Kier molecular flexibility index (Phi) is 4.56. The molecular formula is C21H25ClN4O2. The molecule has 0 saturated carbocycles. The van der Waals surface area contributed by atoms with E-state index in [9.17, 15) is 9.59 Å². The predicted octanol–water partition coefficient (Wildman–Crippen LogP) is 2.54. The number of hydrogen-bond donors (Lipinski definition) is 3. The van der Waals surface area contributed by atoms with Crippen molar-refractivity contribution in [2.45, 2.75) is 37.8 Å². The van der Waals surface area contributed by atoms with E-state index in [1.54, 1.807) is 6.07 Å². The Balaban J connectivity index is 1.33. The molecule has 1 aromatic heterocycles. The molecule has 1 aromatic carbocycles. The van der Waals surface area contributed by atoms with Gasteiger partial charge in [-0.2, -0.15) is 0 Å². The molecule has 3 fully saturated rings. The summed E-state index contributed by atoms with van der Waals surface area (Å²) < 4.78 is 0. The van der Waals surface area contributed by atoms with E-state index in [1.165, 1.54) is 0 Å². The first-order valence-corrected chi connectivity index (χ1v) is 10.6. The summed E-state index contributed by atoms with van der Waals surface area (Å²) in [6.45, 7) is 2.41. The van der Waals surface area contributed by atoms with Crippen molar-refractivity contribution in [3.8, 4) is 0 Å². The number of H-pyrrole nitrogens is 1. The molecule has 0 unspecified atom stereocenters. The van der Waals surface area contributed by atoms with Crippen molar-refractivity contribution in [3.63, 3.8) is 0 Å². The summed E-state index contributed by atoms with van der Waals surface area (Å²) in [5.41, 5.74) is 1.41. The fraction of sp³-hybridized carbons (Fsp3) is 0.524. The average Bonchev–Trinajstić information content (AvgIpc) is 3.12. The molecule has 0 aliphatic carbocycles. The quantitative estimate of drug-likeness (QED) is 0.741. The molecule has 148 valence electrons. The topological polar surface area (TPSA) is 77.2 Å². The van der Waals surface area contributed by atoms with E-state index in [2.05, 4.69) is 20.5 Å². The van der Waals surface area contributed by atoms with Crippen LogP contribution in [0, 0.1) is 11.8 Å². The molecule has 28 heavy (non-hydrogen) atoms. The molecule has 6 nitrogen and oxygen atoms in total. The van der Waals surface area contributed by atoms with Gasteiger partial charge in [0.1, 0.15) is 5.69 Å². The zero-order valence-electron chi connectivity index (χ0n) is 15.7. The van der Waals surface area contributed by atoms with E-state index >= 15 is 0 Å². The molecule has 3 N–H and O–H groups in total. The van der Waals surface area contributed by atoms with Crippen molar-refractivity contribution in [1.82, 2.24) is 20.5 Å². The number of rotatable bonds is 3. The maximum absolute atomic E-state index is 12.8. The molecule has 2 bridgehead atoms. The zero-order valence-corrected chi connectivity index (χ0v) is 16.5. The van der Waals surface area contributed by atoms with Gasteiger partial charge in [0.25, 0.3) is 5.91 Å². The minimum absolute atomic E-state index is 0.0737. The minimum atomic E-state index is -0.140. The summed E-state index contributed by atoms with van der Waals surface area (Å²) in [6, 6.07) is 7.74. The molecule has 3 saturated heterocycles. The van der Waals surface area contributed by atoms with E-state index in [0.717, 1.165) is 43.3 Å². The van der Waals surface area contributed by atoms with Crippen LogP contribution in [-0.2, 0) is 4.79 Å². The third-order valence-corrected chi connectivity index (χ3v) is 6.93. The summed E-state index contributed by atoms with van der Waals surface area (Å²) in [4.78, 5) is 30.7. The van der Waals surface area contributed by atoms with Crippen molar-refractivity contribution in [1.29, 1.82) is 0 Å². The highest BCUT2D eigenvalue weighted by Crippen LogP contribution is 2.39. The molecule has 7 heteroatoms. The molecule has 5 rings (SSSR count). The molecule has 0 radical (unpaired) electrons. The highest BCUT2D eigenvalue weighted by molar-refractivity contribution is 6.31. The van der Waals surface area contributed by atoms with Crippen LogP contribution in [0.2, 0.25) is 5.02 Å². The van der Waals surface area contributed by atoms with Crippen LogP contribution in [0.4, 0.5) is 0 Å². The van der Waals surface area contributed by atoms with E-state index < -0.39 is 0 Å². The van der Waals surface area contributed by atoms with Gasteiger partial charge < -0.3 is 20.5 Å². The maximum Gasteiger partial charge on any atom is 0.267 e. The Hall–Kier alpha value is -2.05. The first kappa shape index (κ1) is 18.0. The van der Waals surface area contributed by atoms with Gasteiger partial charge in [-0.1, -0.05) is 11.6 Å². The van der Waals surface area contributed by atoms with Crippen LogP contribution in [0.25, 0.3) is 10.9 Å². The molecular weight excluding hydrogens is 376 g/mol. The summed E-state index contributed by atoms with van der Waals surface area (Å²) in [5, 5.41) is 8.18. The number of piperidine rings is 3. The largest absolute Gasteiger partial charge is 0.351 e. The van der Waals surface area contributed by atoms with Crippen LogP contribution >= 0.6 is 11.6 Å². The van der Waals surface area contributed by atoms with Crippen LogP contribution in [0.15, 0.2) is 24.3 Å². The minimum Gasteiger partial charge on any atom is -0.351 e. The number of amides is 2. The Bertz CT molecular complexity index is 926. The van der Waals surface area contributed by atoms with Crippen molar-refractivity contribution in [2.75, 3.05) is 19.6 Å². The van der Waals surface area contributed by atoms with Crippen molar-refractivity contribution in [3.05, 3.63) is 35.0 Å². The third kappa shape index (κ3) is 3.08. The van der Waals surface area contributed by atoms with Crippen molar-refractivity contribution < 1.29 is 9.59 Å². The lowest BCUT2D eigenvalue weighted by molar-refractivity contribution is -0.148. The Morgan fingerprint density at radius 2 is 2.11 bits per heavy atom. The van der Waals surface area contributed by atoms with Crippen molar-refractivity contribution >= 4 is 34.3 Å². The SMILES string of the molecule is O=C(NC[C@H]1[C@@H]2CNC[C@@H](C2)[C@@H]2CCCC(=O)N21)c1cc2cc(Cl)ccc2[nH]1. The van der Waals surface area contributed by atoms with Crippen LogP contribution in [-0.4, -0.2) is 53.4 Å². The predicted molar refractivity (Wildman–Crippen MR) is 108 cm³/mol. The maximum atomic E-state index is 12.8. The van der Waals surface area contributed by atoms with E-state index in [-0.39, 0.29) is 17.9 Å². The van der Waals surface area contributed by atoms with Gasteiger partial charge in [-0.05, 0) is 61.9 Å². The number of fused-ring (bicyclic) bond motifs is 5. The van der Waals surface area contributed by atoms with Gasteiger partial charge in [-0.15, -0.1) is 0 Å². The van der Waals surface area contributed by atoms with Gasteiger partial charge in [0.05, 0.1) is 6.04 Å². The fourth-order valence-electron chi connectivity index (χ4n) is 5.42. The Labute approximate surface area is 169 Å². The Morgan fingerprint density at radius 1 is 1.25 bits per heavy atom. The lowest BCUT2D eigenvalue weighted by Crippen LogP contribution is -2.66. The van der Waals surface area contributed by atoms with Gasteiger partial charge >= 0.3 is 0 Å². The zero-order chi connectivity index (χ0) is 19.3. The monoisotopic (exact) mass is 400 g/mol. The molecule has 2 amide bonds. The van der Waals surface area contributed by atoms with Crippen LogP contribution in [0.5, 0.6) is 0 Å². The van der Waals surface area contributed by atoms with Crippen LogP contribution in [0.3, 0.4) is 0 Å². The molecule has 3 aliphatic heterocycles. The number of halogens is 1. The van der Waals surface area contributed by atoms with Gasteiger partial charge in [-0.3, -0.25) is 9.59 Å². The second kappa shape index (κ2) is 7.08. The van der Waals surface area contributed by atoms with Crippen molar-refractivity contribution in [2.24, 2.45) is 11.8 Å². The van der Waals surface area contributed by atoms with Gasteiger partial charge in [-0.25, -0.2) is 0 Å². The summed E-state index contributed by atoms with van der Waals surface area (Å²) >= 11 is 6.04. The normalized spacial score (nSPS) is 29.6. The summed E-state index contributed by atoms with van der Waals surface area (Å²) in [7, 11) is 0. The lowest BCUT2D eigenvalue weighted by Gasteiger charge is -2.54. The second-order valence-corrected chi connectivity index (χ2v) is 8.80. The number of carbonyl (C=O) groups is 2. The third-order valence-electron chi connectivity index (χ3n) is 6.70. The average molecular weight is 401 g/mol. The lowest BCUT2D eigenvalue weighted by atomic mass is 9.72. The second-order valence-electron chi connectivity index (χ2n) is 8.37. The molecule has 2 aromatic rings. The van der Waals surface area contributed by atoms with Crippen LogP contribution < -0.4 is 10.6 Å². The molecule has 4 atom stereocenters. The number of aromatic amines is 1. The van der Waals surface area contributed by atoms with Gasteiger partial charge in [0.15, 0.2) is 0 Å². The number of nitrogens with zero attached hydrogens (tertiary/aromatic N) is 1. The summed E-state index contributed by atoms with van der Waals surface area (Å²) in [5.74, 6) is 1.07. The van der Waals surface area contributed by atoms with E-state index in [0.29, 0.717) is 41.6 Å². The molecule has 0 spiro atoms. The number of benzene rings is 1. The highest BCUT2D eigenvalue weighted by atomic mass is 35.5. The highest BCUT2D eigenvalue weighted by Gasteiger charge is 2.47. The Morgan fingerprint density at radius 3 is 3.00 bits per heavy atom. The van der Waals surface area contributed by atoms with E-state index in [1.807, 2.05) is 18.2 Å². The number of nitrogens with one attached hydrogen (secondary N) is 3. The summed E-state index contributed by atoms with van der Waals surface area (Å²) in [6.07, 6.45) is 3.85. The first-order chi connectivity index (χ1) is 13.6. The van der Waals surface area contributed by atoms with E-state index in [4.69, 9.17) is 11.6 Å². The smallest absolute Gasteiger partial charge is 0.267 e. The van der Waals surface area contributed by atoms with Crippen LogP contribution in [0.1, 0.15) is 36.2 Å². The number of hydrogen-bond acceptors (Lipinski definition) is 3. The molecule has 4 heterocycles. The van der Waals surface area contributed by atoms with Gasteiger partial charge in [0.2, 0.25) is 5.91 Å². The number of aromatic nitrogens is 1. The standard InChI is InChI=1S/C21H25ClN4O2/c22-15-4-5-16-12(7-15)8-17(25-16)21(28)24-11-19-14-6-13(9-23-10-14)18-2-1-3-20(27)26(18)19/h4-5,7-8,13-14,18-19,23,25H,1-3,6,9-11H2,(H,24,28)/t13-,14+,18+,19+/m1/s1.